The van der Waals surface area contributed by atoms with Gasteiger partial charge in [-0.25, -0.2) is 14.1 Å². The van der Waals surface area contributed by atoms with Crippen LogP contribution in [0.15, 0.2) is 46.6 Å². The van der Waals surface area contributed by atoms with Crippen molar-refractivity contribution < 1.29 is 28.6 Å². The topological polar surface area (TPSA) is 95.9 Å². The Hall–Kier alpha value is -2.91. The maximum Gasteiger partial charge on any atom is 0.329 e. The maximum absolute atomic E-state index is 13.0. The van der Waals surface area contributed by atoms with E-state index in [1.165, 1.54) is 24.3 Å². The molecule has 0 bridgehead atoms. The van der Waals surface area contributed by atoms with Crippen molar-refractivity contribution in [2.24, 2.45) is 0 Å². The Morgan fingerprint density at radius 3 is 2.59 bits per heavy atom. The maximum atomic E-state index is 13.0. The lowest BCUT2D eigenvalue weighted by atomic mass is 10.1. The Balaban J connectivity index is 1.77. The van der Waals surface area contributed by atoms with Crippen LogP contribution in [0.25, 0.3) is 6.08 Å². The second-order valence-electron chi connectivity index (χ2n) is 6.00. The lowest BCUT2D eigenvalue weighted by molar-refractivity contribution is -0.140. The molecule has 0 radical (unpaired) electrons. The van der Waals surface area contributed by atoms with E-state index in [0.717, 1.165) is 5.56 Å². The molecule has 0 unspecified atom stereocenters. The Kier molecular flexibility index (Phi) is 6.19. The van der Waals surface area contributed by atoms with Crippen LogP contribution >= 0.6 is 27.5 Å². The van der Waals surface area contributed by atoms with Gasteiger partial charge in [-0.15, -0.1) is 0 Å². The second-order valence-corrected chi connectivity index (χ2v) is 7.26. The highest BCUT2D eigenvalue weighted by Crippen LogP contribution is 2.36. The van der Waals surface area contributed by atoms with Gasteiger partial charge in [-0.1, -0.05) is 23.7 Å². The Morgan fingerprint density at radius 1 is 1.28 bits per heavy atom. The zero-order chi connectivity index (χ0) is 21.1. The van der Waals surface area contributed by atoms with Crippen molar-refractivity contribution in [3.63, 3.8) is 0 Å². The van der Waals surface area contributed by atoms with E-state index in [0.29, 0.717) is 20.7 Å². The van der Waals surface area contributed by atoms with Crippen molar-refractivity contribution in [1.29, 1.82) is 0 Å². The van der Waals surface area contributed by atoms with Gasteiger partial charge in [-0.2, -0.15) is 0 Å². The highest BCUT2D eigenvalue weighted by Gasteiger charge is 2.34. The quantitative estimate of drug-likeness (QED) is 0.481. The third kappa shape index (κ3) is 4.93. The van der Waals surface area contributed by atoms with Gasteiger partial charge in [0.05, 0.1) is 9.50 Å². The van der Waals surface area contributed by atoms with E-state index in [2.05, 4.69) is 21.2 Å². The number of carboxylic acid groups (broad SMARTS) is 1. The lowest BCUT2D eigenvalue weighted by Gasteiger charge is -2.11. The molecule has 1 aliphatic rings. The molecule has 2 aromatic rings. The molecule has 3 amide bonds. The van der Waals surface area contributed by atoms with E-state index in [1.54, 1.807) is 18.2 Å². The molecular weight excluding hydrogens is 471 g/mol. The minimum atomic E-state index is -1.30. The predicted octanol–water partition coefficient (Wildman–Crippen LogP) is 3.80. The molecule has 0 aromatic heterocycles. The summed E-state index contributed by atoms with van der Waals surface area (Å²) in [4.78, 5) is 35.3. The van der Waals surface area contributed by atoms with Crippen LogP contribution in [0.3, 0.4) is 0 Å². The largest absolute Gasteiger partial charge is 0.486 e. The number of ether oxygens (including phenoxy) is 1. The number of carbonyl (C=O) groups is 3. The van der Waals surface area contributed by atoms with Gasteiger partial charge in [-0.3, -0.25) is 9.59 Å². The first-order valence-electron chi connectivity index (χ1n) is 8.17. The Bertz CT molecular complexity index is 1000. The van der Waals surface area contributed by atoms with E-state index >= 15 is 0 Å². The second kappa shape index (κ2) is 8.62. The van der Waals surface area contributed by atoms with Crippen LogP contribution in [-0.2, 0) is 16.2 Å². The number of benzene rings is 2. The summed E-state index contributed by atoms with van der Waals surface area (Å²) in [6.07, 6.45) is 1.38. The van der Waals surface area contributed by atoms with E-state index in [-0.39, 0.29) is 23.1 Å². The van der Waals surface area contributed by atoms with Gasteiger partial charge >= 0.3 is 12.0 Å². The van der Waals surface area contributed by atoms with Crippen molar-refractivity contribution >= 4 is 51.5 Å². The standard InChI is InChI=1S/C19H13BrClFN2O5/c20-13-5-11(7-15-18(27)24(8-16(25)26)19(28)23-15)6-14(21)17(13)29-9-10-1-3-12(22)4-2-10/h1-7H,8-9H2,(H,23,28)(H,25,26)/b15-7+. The fourth-order valence-corrected chi connectivity index (χ4v) is 3.54. The van der Waals surface area contributed by atoms with Gasteiger partial charge < -0.3 is 15.2 Å². The van der Waals surface area contributed by atoms with E-state index < -0.39 is 24.5 Å². The number of amides is 3. The molecule has 1 saturated heterocycles. The number of halogens is 3. The molecule has 10 heteroatoms. The molecular formula is C19H13BrClFN2O5. The summed E-state index contributed by atoms with van der Waals surface area (Å²) in [5, 5.41) is 11.4. The average molecular weight is 484 g/mol. The van der Waals surface area contributed by atoms with Crippen LogP contribution in [0.5, 0.6) is 5.75 Å². The van der Waals surface area contributed by atoms with Crippen molar-refractivity contribution in [3.05, 3.63) is 68.5 Å². The summed E-state index contributed by atoms with van der Waals surface area (Å²) in [5.41, 5.74) is 1.16. The molecule has 2 aromatic carbocycles. The predicted molar refractivity (Wildman–Crippen MR) is 106 cm³/mol. The van der Waals surface area contributed by atoms with Crippen LogP contribution in [0.4, 0.5) is 9.18 Å². The van der Waals surface area contributed by atoms with E-state index in [9.17, 15) is 18.8 Å². The molecule has 7 nitrogen and oxygen atoms in total. The van der Waals surface area contributed by atoms with Gasteiger partial charge in [0.15, 0.2) is 5.75 Å². The number of hydrogen-bond acceptors (Lipinski definition) is 4. The molecule has 0 atom stereocenters. The molecule has 1 heterocycles. The van der Waals surface area contributed by atoms with Crippen molar-refractivity contribution in [1.82, 2.24) is 10.2 Å². The fraction of sp³-hybridized carbons (Fsp3) is 0.105. The SMILES string of the molecule is O=C(O)CN1C(=O)N/C(=C/c2cc(Cl)c(OCc3ccc(F)cc3)c(Br)c2)C1=O. The lowest BCUT2D eigenvalue weighted by Crippen LogP contribution is -2.35. The summed E-state index contributed by atoms with van der Waals surface area (Å²) in [6, 6.07) is 8.17. The number of nitrogens with one attached hydrogen (secondary N) is 1. The number of nitrogens with zero attached hydrogens (tertiary/aromatic N) is 1. The fourth-order valence-electron chi connectivity index (χ4n) is 2.55. The third-order valence-corrected chi connectivity index (χ3v) is 4.75. The average Bonchev–Trinajstić information content (AvgIpc) is 2.89. The van der Waals surface area contributed by atoms with E-state index in [1.807, 2.05) is 0 Å². The minimum Gasteiger partial charge on any atom is -0.486 e. The number of aliphatic carboxylic acids is 1. The van der Waals surface area contributed by atoms with Crippen LogP contribution in [0.1, 0.15) is 11.1 Å². The van der Waals surface area contributed by atoms with Crippen LogP contribution in [0.2, 0.25) is 5.02 Å². The number of rotatable bonds is 6. The highest BCUT2D eigenvalue weighted by molar-refractivity contribution is 9.10. The number of urea groups is 1. The molecule has 0 aliphatic carbocycles. The van der Waals surface area contributed by atoms with Crippen LogP contribution in [-0.4, -0.2) is 34.5 Å². The minimum absolute atomic E-state index is 0.0702. The van der Waals surface area contributed by atoms with Gasteiger partial charge in [0.25, 0.3) is 5.91 Å². The molecule has 1 fully saturated rings. The smallest absolute Gasteiger partial charge is 0.329 e. The van der Waals surface area contributed by atoms with Crippen molar-refractivity contribution in [2.45, 2.75) is 6.61 Å². The van der Waals surface area contributed by atoms with Gasteiger partial charge in [0.1, 0.15) is 24.7 Å². The first-order valence-corrected chi connectivity index (χ1v) is 9.34. The van der Waals surface area contributed by atoms with Gasteiger partial charge in [0.2, 0.25) is 0 Å². The summed E-state index contributed by atoms with van der Waals surface area (Å²) in [5.74, 6) is -2.04. The Morgan fingerprint density at radius 2 is 1.97 bits per heavy atom. The zero-order valence-electron chi connectivity index (χ0n) is 14.6. The highest BCUT2D eigenvalue weighted by atomic mass is 79.9. The van der Waals surface area contributed by atoms with Gasteiger partial charge in [-0.05, 0) is 57.4 Å². The number of carbonyl (C=O) groups excluding carboxylic acids is 2. The molecule has 2 N–H and O–H groups in total. The molecule has 150 valence electrons. The number of carboxylic acids is 1. The van der Waals surface area contributed by atoms with Crippen LogP contribution in [0, 0.1) is 5.82 Å². The summed E-state index contributed by atoms with van der Waals surface area (Å²) in [6.45, 7) is -0.569. The first-order chi connectivity index (χ1) is 13.7. The van der Waals surface area contributed by atoms with Crippen LogP contribution < -0.4 is 10.1 Å². The Labute approximate surface area is 177 Å². The van der Waals surface area contributed by atoms with E-state index in [4.69, 9.17) is 21.4 Å². The molecule has 0 saturated carbocycles. The summed E-state index contributed by atoms with van der Waals surface area (Å²) < 4.78 is 19.2. The number of imide groups is 1. The molecule has 29 heavy (non-hydrogen) atoms. The van der Waals surface area contributed by atoms with Crippen molar-refractivity contribution in [3.8, 4) is 5.75 Å². The molecule has 3 rings (SSSR count). The molecule has 0 spiro atoms. The van der Waals surface area contributed by atoms with Gasteiger partial charge in [0, 0.05) is 0 Å². The summed E-state index contributed by atoms with van der Waals surface area (Å²) in [7, 11) is 0. The normalized spacial score (nSPS) is 15.0. The zero-order valence-corrected chi connectivity index (χ0v) is 17.0. The monoisotopic (exact) mass is 482 g/mol. The molecule has 1 aliphatic heterocycles. The summed E-state index contributed by atoms with van der Waals surface area (Å²) >= 11 is 9.61. The van der Waals surface area contributed by atoms with Crippen molar-refractivity contribution in [2.75, 3.05) is 6.54 Å². The first kappa shape index (κ1) is 20.8. The third-order valence-electron chi connectivity index (χ3n) is 3.88. The number of hydrogen-bond donors (Lipinski definition) is 2.